The average molecular weight is 335 g/mol. The van der Waals surface area contributed by atoms with E-state index in [9.17, 15) is 9.59 Å². The zero-order valence-electron chi connectivity index (χ0n) is 14.9. The lowest BCUT2D eigenvalue weighted by atomic mass is 9.91. The Bertz CT molecular complexity index is 959. The minimum Gasteiger partial charge on any atom is -0.462 e. The van der Waals surface area contributed by atoms with Gasteiger partial charge in [0.25, 0.3) is 0 Å². The molecule has 0 saturated heterocycles. The number of hydrogen-bond donors (Lipinski definition) is 0. The highest BCUT2D eigenvalue weighted by molar-refractivity contribution is 6.09. The molecule has 128 valence electrons. The number of carbonyl (C=O) groups is 2. The number of hydrogen-bond acceptors (Lipinski definition) is 3. The minimum absolute atomic E-state index is 0.282. The molecule has 0 N–H and O–H groups in total. The van der Waals surface area contributed by atoms with Crippen LogP contribution in [-0.4, -0.2) is 23.3 Å². The van der Waals surface area contributed by atoms with Crippen LogP contribution in [0.2, 0.25) is 0 Å². The highest BCUT2D eigenvalue weighted by Gasteiger charge is 2.27. The number of aldehydes is 1. The van der Waals surface area contributed by atoms with Gasteiger partial charge in [0.15, 0.2) is 6.29 Å². The quantitative estimate of drug-likeness (QED) is 0.520. The fourth-order valence-corrected chi connectivity index (χ4v) is 3.59. The Hall–Kier alpha value is -2.88. The number of benzene rings is 1. The highest BCUT2D eigenvalue weighted by Crippen LogP contribution is 2.37. The molecular formula is C21H21NO3. The molecule has 0 atom stereocenters. The summed E-state index contributed by atoms with van der Waals surface area (Å²) in [7, 11) is 0. The predicted molar refractivity (Wildman–Crippen MR) is 98.4 cm³/mol. The van der Waals surface area contributed by atoms with Gasteiger partial charge >= 0.3 is 5.97 Å². The van der Waals surface area contributed by atoms with E-state index < -0.39 is 5.97 Å². The topological polar surface area (TPSA) is 47.8 Å². The molecule has 0 fully saturated rings. The number of esters is 1. The predicted octanol–water partition coefficient (Wildman–Crippen LogP) is 4.52. The fourth-order valence-electron chi connectivity index (χ4n) is 3.59. The number of fused-ring (bicyclic) bond motifs is 1. The molecule has 0 radical (unpaired) electrons. The largest absolute Gasteiger partial charge is 0.462 e. The van der Waals surface area contributed by atoms with E-state index in [0.717, 1.165) is 28.5 Å². The number of pyridine rings is 1. The molecule has 0 amide bonds. The van der Waals surface area contributed by atoms with E-state index in [1.54, 1.807) is 17.5 Å². The van der Waals surface area contributed by atoms with Gasteiger partial charge in [-0.1, -0.05) is 23.8 Å². The van der Waals surface area contributed by atoms with Crippen molar-refractivity contribution in [1.29, 1.82) is 0 Å². The molecule has 0 aliphatic carbocycles. The van der Waals surface area contributed by atoms with Crippen LogP contribution in [0.4, 0.5) is 0 Å². The molecule has 0 aliphatic heterocycles. The first-order chi connectivity index (χ1) is 12.0. The molecular weight excluding hydrogens is 314 g/mol. The Morgan fingerprint density at radius 3 is 2.40 bits per heavy atom. The molecule has 0 unspecified atom stereocenters. The van der Waals surface area contributed by atoms with Crippen LogP contribution in [-0.2, 0) is 4.74 Å². The summed E-state index contributed by atoms with van der Waals surface area (Å²) in [5.74, 6) is -0.409. The van der Waals surface area contributed by atoms with Gasteiger partial charge in [0.2, 0.25) is 0 Å². The summed E-state index contributed by atoms with van der Waals surface area (Å²) in [5.41, 5.74) is 6.36. The second-order valence-corrected chi connectivity index (χ2v) is 6.20. The smallest absolute Gasteiger partial charge is 0.340 e. The van der Waals surface area contributed by atoms with Gasteiger partial charge in [0, 0.05) is 11.8 Å². The number of carbonyl (C=O) groups excluding carboxylic acids is 2. The number of nitrogens with zero attached hydrogens (tertiary/aromatic N) is 1. The molecule has 3 rings (SSSR count). The third kappa shape index (κ3) is 2.74. The molecule has 0 spiro atoms. The first kappa shape index (κ1) is 17.0. The van der Waals surface area contributed by atoms with Crippen LogP contribution in [0.3, 0.4) is 0 Å². The van der Waals surface area contributed by atoms with Gasteiger partial charge < -0.3 is 9.14 Å². The van der Waals surface area contributed by atoms with E-state index in [4.69, 9.17) is 4.74 Å². The lowest BCUT2D eigenvalue weighted by molar-refractivity contribution is 0.0529. The average Bonchev–Trinajstić information content (AvgIpc) is 2.88. The molecule has 0 aliphatic rings. The van der Waals surface area contributed by atoms with Gasteiger partial charge in [-0.3, -0.25) is 4.79 Å². The second kappa shape index (κ2) is 6.55. The van der Waals surface area contributed by atoms with E-state index >= 15 is 0 Å². The Morgan fingerprint density at radius 1 is 1.12 bits per heavy atom. The van der Waals surface area contributed by atoms with Crippen LogP contribution in [0.25, 0.3) is 16.6 Å². The Labute approximate surface area is 147 Å². The van der Waals surface area contributed by atoms with Crippen molar-refractivity contribution in [2.75, 3.05) is 6.61 Å². The van der Waals surface area contributed by atoms with Crippen molar-refractivity contribution in [3.05, 3.63) is 64.5 Å². The third-order valence-corrected chi connectivity index (χ3v) is 4.40. The van der Waals surface area contributed by atoms with Gasteiger partial charge in [0.1, 0.15) is 0 Å². The first-order valence-corrected chi connectivity index (χ1v) is 8.33. The molecule has 0 saturated carbocycles. The van der Waals surface area contributed by atoms with E-state index in [-0.39, 0.29) is 6.61 Å². The summed E-state index contributed by atoms with van der Waals surface area (Å²) >= 11 is 0. The minimum atomic E-state index is -0.409. The summed E-state index contributed by atoms with van der Waals surface area (Å²) in [6, 6.07) is 9.66. The number of rotatable bonds is 4. The van der Waals surface area contributed by atoms with Gasteiger partial charge in [0.05, 0.1) is 23.4 Å². The van der Waals surface area contributed by atoms with Crippen molar-refractivity contribution in [2.45, 2.75) is 27.7 Å². The van der Waals surface area contributed by atoms with Crippen molar-refractivity contribution in [2.24, 2.45) is 0 Å². The number of aromatic nitrogens is 1. The van der Waals surface area contributed by atoms with Crippen LogP contribution < -0.4 is 0 Å². The van der Waals surface area contributed by atoms with E-state index in [1.807, 2.05) is 39.0 Å². The van der Waals surface area contributed by atoms with Crippen LogP contribution in [0, 0.1) is 20.8 Å². The van der Waals surface area contributed by atoms with Gasteiger partial charge in [-0.15, -0.1) is 0 Å². The lowest BCUT2D eigenvalue weighted by Gasteiger charge is -2.13. The Kier molecular flexibility index (Phi) is 4.45. The van der Waals surface area contributed by atoms with E-state index in [0.29, 0.717) is 22.3 Å². The molecule has 2 aromatic heterocycles. The molecule has 2 heterocycles. The Morgan fingerprint density at radius 2 is 1.80 bits per heavy atom. The van der Waals surface area contributed by atoms with Crippen LogP contribution >= 0.6 is 0 Å². The van der Waals surface area contributed by atoms with Gasteiger partial charge in [-0.05, 0) is 56.5 Å². The zero-order valence-corrected chi connectivity index (χ0v) is 14.9. The van der Waals surface area contributed by atoms with E-state index in [2.05, 4.69) is 12.1 Å². The van der Waals surface area contributed by atoms with Crippen LogP contribution in [0.1, 0.15) is 44.5 Å². The molecule has 0 bridgehead atoms. The molecule has 25 heavy (non-hydrogen) atoms. The summed E-state index contributed by atoms with van der Waals surface area (Å²) < 4.78 is 7.05. The summed E-state index contributed by atoms with van der Waals surface area (Å²) in [6.45, 7) is 8.10. The molecule has 1 aromatic carbocycles. The van der Waals surface area contributed by atoms with Crippen LogP contribution in [0.5, 0.6) is 0 Å². The van der Waals surface area contributed by atoms with Crippen molar-refractivity contribution in [3.8, 4) is 11.1 Å². The number of ether oxygens (including phenoxy) is 1. The van der Waals surface area contributed by atoms with Crippen molar-refractivity contribution in [3.63, 3.8) is 0 Å². The Balaban J connectivity index is 2.47. The molecule has 3 aromatic rings. The highest BCUT2D eigenvalue weighted by atomic mass is 16.5. The first-order valence-electron chi connectivity index (χ1n) is 8.33. The molecule has 4 nitrogen and oxygen atoms in total. The van der Waals surface area contributed by atoms with Crippen molar-refractivity contribution in [1.82, 2.24) is 4.40 Å². The van der Waals surface area contributed by atoms with Crippen LogP contribution in [0.15, 0.2) is 36.5 Å². The molecule has 4 heteroatoms. The summed E-state index contributed by atoms with van der Waals surface area (Å²) in [5, 5.41) is 0. The van der Waals surface area contributed by atoms with Gasteiger partial charge in [-0.2, -0.15) is 0 Å². The van der Waals surface area contributed by atoms with Gasteiger partial charge in [-0.25, -0.2) is 4.79 Å². The lowest BCUT2D eigenvalue weighted by Crippen LogP contribution is -2.06. The normalized spacial score (nSPS) is 10.9. The third-order valence-electron chi connectivity index (χ3n) is 4.40. The van der Waals surface area contributed by atoms with E-state index in [1.165, 1.54) is 0 Å². The fraction of sp³-hybridized carbons (Fsp3) is 0.238. The zero-order chi connectivity index (χ0) is 18.1. The monoisotopic (exact) mass is 335 g/mol. The maximum atomic E-state index is 12.7. The second-order valence-electron chi connectivity index (χ2n) is 6.20. The maximum absolute atomic E-state index is 12.7. The number of aryl methyl sites for hydroxylation is 3. The summed E-state index contributed by atoms with van der Waals surface area (Å²) in [4.78, 5) is 24.6. The SMILES string of the molecule is CCOC(=O)c1c(-c2c(C)cc(C)cc2C)c(C=O)n2ccccc12. The van der Waals surface area contributed by atoms with Crippen molar-refractivity contribution >= 4 is 17.8 Å². The summed E-state index contributed by atoms with van der Waals surface area (Å²) in [6.07, 6.45) is 2.61. The maximum Gasteiger partial charge on any atom is 0.340 e. The van der Waals surface area contributed by atoms with Crippen molar-refractivity contribution < 1.29 is 14.3 Å². The standard InChI is InChI=1S/C21H21NO3/c1-5-25-21(24)20-16-8-6-7-9-22(16)17(12-23)19(20)18-14(3)10-13(2)11-15(18)4/h6-12H,5H2,1-4H3.